The topological polar surface area (TPSA) is 46.2 Å². The molecule has 1 aliphatic heterocycles. The number of nitrogens with one attached hydrogen (secondary N) is 1. The van der Waals surface area contributed by atoms with Gasteiger partial charge in [-0.3, -0.25) is 9.59 Å². The number of fused-ring (bicyclic) bond motifs is 1. The van der Waals surface area contributed by atoms with Crippen LogP contribution in [0.1, 0.15) is 81.2 Å². The highest BCUT2D eigenvalue weighted by Crippen LogP contribution is 2.46. The van der Waals surface area contributed by atoms with E-state index in [2.05, 4.69) is 70.3 Å². The highest BCUT2D eigenvalue weighted by atomic mass is 32.2. The lowest BCUT2D eigenvalue weighted by atomic mass is 9.62. The normalized spacial score (nSPS) is 21.6. The maximum absolute atomic E-state index is 11.8. The quantitative estimate of drug-likeness (QED) is 0.545. The van der Waals surface area contributed by atoms with E-state index >= 15 is 0 Å². The predicted octanol–water partition coefficient (Wildman–Crippen LogP) is 6.71. The van der Waals surface area contributed by atoms with Crippen molar-refractivity contribution in [1.29, 1.82) is 0 Å². The summed E-state index contributed by atoms with van der Waals surface area (Å²) in [7, 11) is 0. The molecule has 1 unspecified atom stereocenters. The summed E-state index contributed by atoms with van der Waals surface area (Å²) in [5.74, 6) is 0.419. The molecule has 0 saturated carbocycles. The number of hydrogen-bond acceptors (Lipinski definition) is 3. The third-order valence-corrected chi connectivity index (χ3v) is 7.61. The van der Waals surface area contributed by atoms with Crippen LogP contribution in [0.4, 0.5) is 4.79 Å². The number of rotatable bonds is 4. The molecule has 2 aromatic carbocycles. The summed E-state index contributed by atoms with van der Waals surface area (Å²) in [6.07, 6.45) is 5.16. The van der Waals surface area contributed by atoms with Crippen molar-refractivity contribution in [2.75, 3.05) is 0 Å². The zero-order valence-corrected chi connectivity index (χ0v) is 19.9. The first-order valence-electron chi connectivity index (χ1n) is 11.0. The summed E-state index contributed by atoms with van der Waals surface area (Å²) in [5, 5.41) is 2.06. The van der Waals surface area contributed by atoms with Gasteiger partial charge in [-0.2, -0.15) is 0 Å². The number of hydrogen-bond donors (Lipinski definition) is 1. The van der Waals surface area contributed by atoms with E-state index in [-0.39, 0.29) is 21.2 Å². The second kappa shape index (κ2) is 7.98. The molecule has 1 atom stereocenters. The Kier molecular flexibility index (Phi) is 5.63. The van der Waals surface area contributed by atoms with Crippen molar-refractivity contribution in [3.05, 3.63) is 76.0 Å². The van der Waals surface area contributed by atoms with Crippen LogP contribution in [0.15, 0.2) is 48.2 Å². The first-order valence-corrected chi connectivity index (χ1v) is 11.9. The van der Waals surface area contributed by atoms with E-state index < -0.39 is 0 Å². The average Bonchev–Trinajstić information content (AvgIpc) is 3.03. The first-order chi connectivity index (χ1) is 14.5. The van der Waals surface area contributed by atoms with Gasteiger partial charge in [0.25, 0.3) is 5.24 Å². The van der Waals surface area contributed by atoms with Crippen LogP contribution in [0.5, 0.6) is 0 Å². The molecule has 2 aliphatic rings. The minimum atomic E-state index is -0.307. The van der Waals surface area contributed by atoms with Crippen molar-refractivity contribution >= 4 is 28.2 Å². The lowest BCUT2D eigenvalue weighted by molar-refractivity contribution is -0.107. The second-order valence-electron chi connectivity index (χ2n) is 10.3. The van der Waals surface area contributed by atoms with Crippen LogP contribution in [0, 0.1) is 0 Å². The van der Waals surface area contributed by atoms with Crippen molar-refractivity contribution in [1.82, 2.24) is 5.32 Å². The van der Waals surface area contributed by atoms with Gasteiger partial charge in [0.1, 0.15) is 0 Å². The van der Waals surface area contributed by atoms with Gasteiger partial charge in [0, 0.05) is 11.8 Å². The molecule has 0 spiro atoms. The third-order valence-electron chi connectivity index (χ3n) is 6.92. The maximum Gasteiger partial charge on any atom is 0.291 e. The Labute approximate surface area is 189 Å². The summed E-state index contributed by atoms with van der Waals surface area (Å²) in [6.45, 7) is 11.8. The minimum Gasteiger partial charge on any atom is -0.313 e. The van der Waals surface area contributed by atoms with Gasteiger partial charge >= 0.3 is 0 Å². The second-order valence-corrected chi connectivity index (χ2v) is 11.2. The van der Waals surface area contributed by atoms with Crippen LogP contribution in [-0.4, -0.2) is 10.4 Å². The van der Waals surface area contributed by atoms with E-state index in [9.17, 15) is 9.59 Å². The zero-order valence-electron chi connectivity index (χ0n) is 19.0. The molecule has 1 heterocycles. The number of carbonyl (C=O) groups excluding carboxylic acids is 2. The van der Waals surface area contributed by atoms with Gasteiger partial charge in [0.2, 0.25) is 5.12 Å². The van der Waals surface area contributed by atoms with Crippen LogP contribution in [0.25, 0.3) is 6.08 Å². The van der Waals surface area contributed by atoms with Crippen molar-refractivity contribution in [3.8, 4) is 0 Å². The molecule has 0 radical (unpaired) electrons. The SMILES string of the molecule is CC(Cc1ccc(C=C2NC(=O)SC2=O)cc1)c1ccc2c(c1)C(C)(C)CCC2(C)C. The number of benzene rings is 2. The first kappa shape index (κ1) is 21.9. The molecule has 0 bridgehead atoms. The summed E-state index contributed by atoms with van der Waals surface area (Å²) in [5.41, 5.74) is 7.42. The van der Waals surface area contributed by atoms with Crippen molar-refractivity contribution in [3.63, 3.8) is 0 Å². The van der Waals surface area contributed by atoms with E-state index in [1.54, 1.807) is 6.08 Å². The van der Waals surface area contributed by atoms with E-state index in [0.717, 1.165) is 12.0 Å². The molecule has 1 fully saturated rings. The summed E-state index contributed by atoms with van der Waals surface area (Å²) in [6, 6.07) is 15.4. The Morgan fingerprint density at radius 1 is 0.968 bits per heavy atom. The lowest BCUT2D eigenvalue weighted by Crippen LogP contribution is -2.34. The lowest BCUT2D eigenvalue weighted by Gasteiger charge is -2.42. The molecule has 4 rings (SSSR count). The molecule has 4 heteroatoms. The van der Waals surface area contributed by atoms with Crippen molar-refractivity contribution in [2.24, 2.45) is 0 Å². The molecule has 1 aliphatic carbocycles. The van der Waals surface area contributed by atoms with Crippen molar-refractivity contribution in [2.45, 2.75) is 70.6 Å². The number of thioether (sulfide) groups is 1. The van der Waals surface area contributed by atoms with Gasteiger partial charge in [-0.25, -0.2) is 0 Å². The molecule has 1 N–H and O–H groups in total. The van der Waals surface area contributed by atoms with E-state index in [4.69, 9.17) is 0 Å². The summed E-state index contributed by atoms with van der Waals surface area (Å²) in [4.78, 5) is 23.1. The highest BCUT2D eigenvalue weighted by Gasteiger charge is 2.37. The molecule has 2 aromatic rings. The highest BCUT2D eigenvalue weighted by molar-refractivity contribution is 8.27. The molecule has 162 valence electrons. The smallest absolute Gasteiger partial charge is 0.291 e. The minimum absolute atomic E-state index is 0.221. The van der Waals surface area contributed by atoms with Gasteiger partial charge in [-0.15, -0.1) is 0 Å². The maximum atomic E-state index is 11.8. The fourth-order valence-corrected chi connectivity index (χ4v) is 5.27. The summed E-state index contributed by atoms with van der Waals surface area (Å²) >= 11 is 0.709. The van der Waals surface area contributed by atoms with Gasteiger partial charge in [0.15, 0.2) is 0 Å². The predicted molar refractivity (Wildman–Crippen MR) is 129 cm³/mol. The Hall–Kier alpha value is -2.33. The number of carbonyl (C=O) groups is 2. The Balaban J connectivity index is 1.51. The van der Waals surface area contributed by atoms with Crippen molar-refractivity contribution < 1.29 is 9.59 Å². The van der Waals surface area contributed by atoms with Crippen LogP contribution < -0.4 is 5.32 Å². The largest absolute Gasteiger partial charge is 0.313 e. The molecule has 3 nitrogen and oxygen atoms in total. The van der Waals surface area contributed by atoms with Crippen LogP contribution >= 0.6 is 11.8 Å². The molecule has 0 aromatic heterocycles. The fraction of sp³-hybridized carbons (Fsp3) is 0.407. The average molecular weight is 434 g/mol. The Morgan fingerprint density at radius 3 is 2.23 bits per heavy atom. The van der Waals surface area contributed by atoms with Crippen LogP contribution in [-0.2, 0) is 22.0 Å². The standard InChI is InChI=1S/C27H31NO2S/c1-17(20-10-11-21-22(16-20)27(4,5)13-12-26(21,2)3)14-18-6-8-19(9-7-18)15-23-24(29)31-25(30)28-23/h6-11,15-17H,12-14H2,1-5H3,(H,28,30). The zero-order chi connectivity index (χ0) is 22.4. The van der Waals surface area contributed by atoms with Gasteiger partial charge in [-0.1, -0.05) is 77.1 Å². The van der Waals surface area contributed by atoms with E-state index in [0.29, 0.717) is 23.4 Å². The Bertz CT molecular complexity index is 1060. The summed E-state index contributed by atoms with van der Waals surface area (Å²) < 4.78 is 0. The van der Waals surface area contributed by atoms with Gasteiger partial charge in [0.05, 0.1) is 5.70 Å². The van der Waals surface area contributed by atoms with E-state index in [1.165, 1.54) is 35.1 Å². The molecular weight excluding hydrogens is 402 g/mol. The fourth-order valence-electron chi connectivity index (χ4n) is 4.72. The van der Waals surface area contributed by atoms with Crippen LogP contribution in [0.2, 0.25) is 0 Å². The number of amides is 1. The monoisotopic (exact) mass is 433 g/mol. The van der Waals surface area contributed by atoms with Crippen LogP contribution in [0.3, 0.4) is 0 Å². The van der Waals surface area contributed by atoms with Gasteiger partial charge in [-0.05, 0) is 69.9 Å². The van der Waals surface area contributed by atoms with E-state index in [1.807, 2.05) is 12.1 Å². The molecule has 31 heavy (non-hydrogen) atoms. The third kappa shape index (κ3) is 4.50. The van der Waals surface area contributed by atoms with Gasteiger partial charge < -0.3 is 5.32 Å². The molecule has 1 amide bonds. The molecular formula is C27H31NO2S. The molecule has 1 saturated heterocycles. The Morgan fingerprint density at radius 2 is 1.61 bits per heavy atom.